The van der Waals surface area contributed by atoms with Gasteiger partial charge in [-0.25, -0.2) is 0 Å². The monoisotopic (exact) mass is 410 g/mol. The molecule has 0 bridgehead atoms. The lowest BCUT2D eigenvalue weighted by Gasteiger charge is -2.30. The van der Waals surface area contributed by atoms with Crippen LogP contribution in [0.15, 0.2) is 36.4 Å². The zero-order valence-corrected chi connectivity index (χ0v) is 19.2. The summed E-state index contributed by atoms with van der Waals surface area (Å²) in [5.74, 6) is 0.314. The van der Waals surface area contributed by atoms with Gasteiger partial charge in [-0.1, -0.05) is 30.3 Å². The van der Waals surface area contributed by atoms with E-state index in [-0.39, 0.29) is 24.5 Å². The average Bonchev–Trinajstić information content (AvgIpc) is 2.67. The van der Waals surface area contributed by atoms with Crippen molar-refractivity contribution in [3.05, 3.63) is 64.2 Å². The van der Waals surface area contributed by atoms with E-state index in [1.165, 1.54) is 0 Å². The molecule has 1 atom stereocenters. The van der Waals surface area contributed by atoms with Gasteiger partial charge < -0.3 is 15.0 Å². The highest BCUT2D eigenvalue weighted by Crippen LogP contribution is 2.23. The van der Waals surface area contributed by atoms with E-state index in [0.717, 1.165) is 27.8 Å². The third-order valence-corrected chi connectivity index (χ3v) is 5.32. The molecule has 2 aromatic rings. The lowest BCUT2D eigenvalue weighted by Crippen LogP contribution is -2.50. The summed E-state index contributed by atoms with van der Waals surface area (Å²) in [6.45, 7) is 13.8. The van der Waals surface area contributed by atoms with Crippen molar-refractivity contribution in [3.63, 3.8) is 0 Å². The molecule has 0 aliphatic carbocycles. The van der Waals surface area contributed by atoms with E-state index in [0.29, 0.717) is 12.3 Å². The maximum absolute atomic E-state index is 13.2. The Hall–Kier alpha value is -2.82. The maximum Gasteiger partial charge on any atom is 0.261 e. The van der Waals surface area contributed by atoms with Gasteiger partial charge in [-0.15, -0.1) is 0 Å². The predicted molar refractivity (Wildman–Crippen MR) is 121 cm³/mol. The normalized spacial score (nSPS) is 11.9. The van der Waals surface area contributed by atoms with Crippen molar-refractivity contribution >= 4 is 11.8 Å². The molecule has 0 saturated carbocycles. The van der Waals surface area contributed by atoms with Gasteiger partial charge in [0.2, 0.25) is 5.91 Å². The van der Waals surface area contributed by atoms with Gasteiger partial charge >= 0.3 is 0 Å². The molecule has 0 aromatic heterocycles. The summed E-state index contributed by atoms with van der Waals surface area (Å²) < 4.78 is 5.90. The first-order valence-corrected chi connectivity index (χ1v) is 10.4. The molecule has 0 aliphatic rings. The third-order valence-electron chi connectivity index (χ3n) is 5.32. The number of amides is 2. The van der Waals surface area contributed by atoms with E-state index in [1.54, 1.807) is 11.8 Å². The fourth-order valence-corrected chi connectivity index (χ4v) is 3.33. The van der Waals surface area contributed by atoms with E-state index in [1.807, 2.05) is 71.9 Å². The lowest BCUT2D eigenvalue weighted by atomic mass is 10.1. The summed E-state index contributed by atoms with van der Waals surface area (Å²) in [5, 5.41) is 2.90. The summed E-state index contributed by atoms with van der Waals surface area (Å²) in [5.41, 5.74) is 5.32. The number of benzene rings is 2. The summed E-state index contributed by atoms with van der Waals surface area (Å²) in [6, 6.07) is 11.3. The molecule has 0 radical (unpaired) electrons. The molecule has 30 heavy (non-hydrogen) atoms. The Kier molecular flexibility index (Phi) is 8.04. The number of hydrogen-bond donors (Lipinski definition) is 1. The van der Waals surface area contributed by atoms with Gasteiger partial charge in [0, 0.05) is 12.6 Å². The van der Waals surface area contributed by atoms with Crippen LogP contribution in [0.2, 0.25) is 0 Å². The fraction of sp³-hybridized carbons (Fsp3) is 0.440. The average molecular weight is 411 g/mol. The Labute approximate surface area is 180 Å². The van der Waals surface area contributed by atoms with Gasteiger partial charge in [-0.05, 0) is 82.3 Å². The zero-order chi connectivity index (χ0) is 22.4. The molecule has 5 heteroatoms. The highest BCUT2D eigenvalue weighted by Gasteiger charge is 2.27. The molecular weight excluding hydrogens is 376 g/mol. The van der Waals surface area contributed by atoms with Crippen LogP contribution >= 0.6 is 0 Å². The molecule has 2 amide bonds. The summed E-state index contributed by atoms with van der Waals surface area (Å²) in [7, 11) is 0. The summed E-state index contributed by atoms with van der Waals surface area (Å²) in [6.07, 6.45) is 0. The SMILES string of the molecule is Cc1cc(C)c(C)c(OCC(=O)N(Cc2ccccc2C)C(C)C(=O)NC(C)C)c1. The van der Waals surface area contributed by atoms with Gasteiger partial charge in [-0.2, -0.15) is 0 Å². The molecule has 5 nitrogen and oxygen atoms in total. The van der Waals surface area contributed by atoms with Gasteiger partial charge in [0.1, 0.15) is 11.8 Å². The maximum atomic E-state index is 13.2. The van der Waals surface area contributed by atoms with E-state index >= 15 is 0 Å². The van der Waals surface area contributed by atoms with E-state index in [4.69, 9.17) is 4.74 Å². The number of carbonyl (C=O) groups excluding carboxylic acids is 2. The van der Waals surface area contributed by atoms with E-state index in [9.17, 15) is 9.59 Å². The third kappa shape index (κ3) is 6.09. The lowest BCUT2D eigenvalue weighted by molar-refractivity contribution is -0.142. The van der Waals surface area contributed by atoms with Gasteiger partial charge in [0.05, 0.1) is 0 Å². The number of nitrogens with one attached hydrogen (secondary N) is 1. The number of ether oxygens (including phenoxy) is 1. The van der Waals surface area contributed by atoms with E-state index in [2.05, 4.69) is 11.4 Å². The van der Waals surface area contributed by atoms with Crippen LogP contribution in [0.4, 0.5) is 0 Å². The second-order valence-corrected chi connectivity index (χ2v) is 8.28. The standard InChI is InChI=1S/C25H34N2O3/c1-16(2)26-25(29)21(7)27(14-22-11-9-8-10-18(22)4)24(28)15-30-23-13-17(3)12-19(5)20(23)6/h8-13,16,21H,14-15H2,1-7H3,(H,26,29). The Morgan fingerprint density at radius 2 is 1.67 bits per heavy atom. The smallest absolute Gasteiger partial charge is 0.261 e. The summed E-state index contributed by atoms with van der Waals surface area (Å²) >= 11 is 0. The van der Waals surface area contributed by atoms with Crippen LogP contribution in [0.25, 0.3) is 0 Å². The second kappa shape index (κ2) is 10.3. The van der Waals surface area contributed by atoms with Gasteiger partial charge in [0.25, 0.3) is 5.91 Å². The topological polar surface area (TPSA) is 58.6 Å². The Morgan fingerprint density at radius 1 is 1.00 bits per heavy atom. The first-order valence-electron chi connectivity index (χ1n) is 10.4. The molecule has 1 N–H and O–H groups in total. The van der Waals surface area contributed by atoms with Gasteiger partial charge in [0.15, 0.2) is 6.61 Å². The minimum atomic E-state index is -0.608. The van der Waals surface area contributed by atoms with Crippen LogP contribution in [0, 0.1) is 27.7 Å². The second-order valence-electron chi connectivity index (χ2n) is 8.28. The van der Waals surface area contributed by atoms with Crippen molar-refractivity contribution < 1.29 is 14.3 Å². The highest BCUT2D eigenvalue weighted by molar-refractivity contribution is 5.88. The fourth-order valence-electron chi connectivity index (χ4n) is 3.33. The molecule has 0 saturated heterocycles. The minimum Gasteiger partial charge on any atom is -0.483 e. The molecule has 0 fully saturated rings. The van der Waals surface area contributed by atoms with Crippen molar-refractivity contribution in [1.29, 1.82) is 0 Å². The molecule has 2 rings (SSSR count). The first kappa shape index (κ1) is 23.5. The molecule has 162 valence electrons. The van der Waals surface area contributed by atoms with Crippen molar-refractivity contribution in [2.24, 2.45) is 0 Å². The number of hydrogen-bond acceptors (Lipinski definition) is 3. The Morgan fingerprint density at radius 3 is 2.30 bits per heavy atom. The van der Waals surface area contributed by atoms with Crippen molar-refractivity contribution in [1.82, 2.24) is 10.2 Å². The first-order chi connectivity index (χ1) is 14.1. The van der Waals surface area contributed by atoms with Crippen LogP contribution < -0.4 is 10.1 Å². The molecule has 0 heterocycles. The molecule has 0 aliphatic heterocycles. The van der Waals surface area contributed by atoms with Crippen LogP contribution in [0.3, 0.4) is 0 Å². The van der Waals surface area contributed by atoms with Crippen LogP contribution in [-0.4, -0.2) is 35.4 Å². The van der Waals surface area contributed by atoms with Crippen LogP contribution in [-0.2, 0) is 16.1 Å². The largest absolute Gasteiger partial charge is 0.483 e. The molecule has 1 unspecified atom stereocenters. The number of aryl methyl sites for hydroxylation is 3. The van der Waals surface area contributed by atoms with Crippen molar-refractivity contribution in [2.75, 3.05) is 6.61 Å². The molecule has 0 spiro atoms. The van der Waals surface area contributed by atoms with Crippen molar-refractivity contribution in [2.45, 2.75) is 67.1 Å². The quantitative estimate of drug-likeness (QED) is 0.708. The zero-order valence-electron chi connectivity index (χ0n) is 19.2. The van der Waals surface area contributed by atoms with E-state index < -0.39 is 6.04 Å². The molecule has 2 aromatic carbocycles. The minimum absolute atomic E-state index is 0.00420. The highest BCUT2D eigenvalue weighted by atomic mass is 16.5. The van der Waals surface area contributed by atoms with Crippen LogP contribution in [0.5, 0.6) is 5.75 Å². The number of nitrogens with zero attached hydrogens (tertiary/aromatic N) is 1. The number of carbonyl (C=O) groups is 2. The predicted octanol–water partition coefficient (Wildman–Crippen LogP) is 4.24. The van der Waals surface area contributed by atoms with Crippen molar-refractivity contribution in [3.8, 4) is 5.75 Å². The van der Waals surface area contributed by atoms with Crippen LogP contribution in [0.1, 0.15) is 48.6 Å². The Balaban J connectivity index is 2.23. The summed E-state index contributed by atoms with van der Waals surface area (Å²) in [4.78, 5) is 27.4. The Bertz CT molecular complexity index is 905. The molecular formula is C25H34N2O3. The number of rotatable bonds is 8. The van der Waals surface area contributed by atoms with Gasteiger partial charge in [-0.3, -0.25) is 9.59 Å².